The summed E-state index contributed by atoms with van der Waals surface area (Å²) in [6.07, 6.45) is 4.01. The molecular weight excluding hydrogens is 319 g/mol. The Morgan fingerprint density at radius 3 is 2.92 bits per heavy atom. The Morgan fingerprint density at radius 1 is 1.32 bits per heavy atom. The van der Waals surface area contributed by atoms with Crippen molar-refractivity contribution < 1.29 is 9.13 Å². The van der Waals surface area contributed by atoms with E-state index in [2.05, 4.69) is 14.8 Å². The van der Waals surface area contributed by atoms with Crippen molar-refractivity contribution in [1.82, 2.24) is 19.8 Å². The zero-order valence-corrected chi connectivity index (χ0v) is 15.1. The summed E-state index contributed by atoms with van der Waals surface area (Å²) in [7, 11) is 5.56. The summed E-state index contributed by atoms with van der Waals surface area (Å²) in [4.78, 5) is 13.7. The first-order chi connectivity index (χ1) is 12.1. The second-order valence-electron chi connectivity index (χ2n) is 6.74. The lowest BCUT2D eigenvalue weighted by Gasteiger charge is -2.24. The lowest BCUT2D eigenvalue weighted by molar-refractivity contribution is 0.238. The van der Waals surface area contributed by atoms with Gasteiger partial charge >= 0.3 is 0 Å². The normalized spacial score (nSPS) is 18.0. The molecule has 1 atom stereocenters. The van der Waals surface area contributed by atoms with Crippen molar-refractivity contribution in [2.75, 3.05) is 27.7 Å². The highest BCUT2D eigenvalue weighted by Crippen LogP contribution is 2.32. The Labute approximate surface area is 148 Å². The molecule has 1 aliphatic heterocycles. The predicted molar refractivity (Wildman–Crippen MR) is 94.8 cm³/mol. The first-order valence-electron chi connectivity index (χ1n) is 8.60. The topological polar surface area (TPSA) is 41.5 Å². The second kappa shape index (κ2) is 7.89. The number of hydrogen-bond donors (Lipinski definition) is 0. The maximum absolute atomic E-state index is 13.6. The molecule has 5 nitrogen and oxygen atoms in total. The molecular formula is C19H25FN4O. The molecule has 1 fully saturated rings. The van der Waals surface area contributed by atoms with Crippen LogP contribution in [0, 0.1) is 5.82 Å². The van der Waals surface area contributed by atoms with Crippen molar-refractivity contribution in [3.8, 4) is 5.75 Å². The number of halogens is 1. The summed E-state index contributed by atoms with van der Waals surface area (Å²) < 4.78 is 18.7. The molecule has 0 N–H and O–H groups in total. The molecule has 2 aromatic rings. The molecule has 1 aromatic carbocycles. The zero-order chi connectivity index (χ0) is 17.8. The van der Waals surface area contributed by atoms with Crippen LogP contribution in [-0.4, -0.2) is 47.5 Å². The van der Waals surface area contributed by atoms with E-state index >= 15 is 0 Å². The highest BCUT2D eigenvalue weighted by atomic mass is 19.1. The van der Waals surface area contributed by atoms with Gasteiger partial charge in [-0.3, -0.25) is 4.90 Å². The number of likely N-dealkylation sites (tertiary alicyclic amines) is 1. The average Bonchev–Trinajstić information content (AvgIpc) is 3.04. The van der Waals surface area contributed by atoms with Crippen molar-refractivity contribution >= 4 is 0 Å². The van der Waals surface area contributed by atoms with E-state index in [-0.39, 0.29) is 17.6 Å². The van der Waals surface area contributed by atoms with E-state index in [1.54, 1.807) is 6.07 Å². The lowest BCUT2D eigenvalue weighted by Crippen LogP contribution is -2.25. The molecule has 0 spiro atoms. The molecule has 134 valence electrons. The van der Waals surface area contributed by atoms with Crippen molar-refractivity contribution in [1.29, 1.82) is 0 Å². The van der Waals surface area contributed by atoms with Crippen LogP contribution >= 0.6 is 0 Å². The molecule has 0 aliphatic carbocycles. The number of rotatable bonds is 6. The Kier molecular flexibility index (Phi) is 5.60. The lowest BCUT2D eigenvalue weighted by atomic mass is 10.1. The summed E-state index contributed by atoms with van der Waals surface area (Å²) in [5, 5.41) is 0. The van der Waals surface area contributed by atoms with E-state index in [1.807, 2.05) is 32.4 Å². The fourth-order valence-corrected chi connectivity index (χ4v) is 3.33. The summed E-state index contributed by atoms with van der Waals surface area (Å²) in [6.45, 7) is 2.53. The Morgan fingerprint density at radius 2 is 2.16 bits per heavy atom. The van der Waals surface area contributed by atoms with Gasteiger partial charge in [-0.2, -0.15) is 0 Å². The van der Waals surface area contributed by atoms with Crippen LogP contribution in [0.2, 0.25) is 0 Å². The van der Waals surface area contributed by atoms with Gasteiger partial charge in [0, 0.05) is 19.3 Å². The number of nitrogens with zero attached hydrogens (tertiary/aromatic N) is 4. The summed E-state index contributed by atoms with van der Waals surface area (Å²) in [6, 6.07) is 7.23. The van der Waals surface area contributed by atoms with E-state index in [1.165, 1.54) is 13.2 Å². The van der Waals surface area contributed by atoms with E-state index in [0.717, 1.165) is 49.6 Å². The largest absolute Gasteiger partial charge is 0.494 e. The highest BCUT2D eigenvalue weighted by Gasteiger charge is 2.28. The van der Waals surface area contributed by atoms with Gasteiger partial charge in [0.1, 0.15) is 5.82 Å². The summed E-state index contributed by atoms with van der Waals surface area (Å²) >= 11 is 0. The minimum atomic E-state index is -0.330. The van der Waals surface area contributed by atoms with Gasteiger partial charge in [-0.1, -0.05) is 6.07 Å². The predicted octanol–water partition coefficient (Wildman–Crippen LogP) is 3.02. The second-order valence-corrected chi connectivity index (χ2v) is 6.74. The Hall–Kier alpha value is -2.05. The third-order valence-electron chi connectivity index (χ3n) is 4.47. The number of methoxy groups -OCH3 is 1. The molecule has 1 saturated heterocycles. The average molecular weight is 344 g/mol. The molecule has 25 heavy (non-hydrogen) atoms. The molecule has 1 aliphatic rings. The first-order valence-corrected chi connectivity index (χ1v) is 8.60. The molecule has 0 amide bonds. The molecule has 6 heteroatoms. The third kappa shape index (κ3) is 4.32. The van der Waals surface area contributed by atoms with Crippen LogP contribution in [-0.2, 0) is 13.1 Å². The van der Waals surface area contributed by atoms with Crippen molar-refractivity contribution in [2.45, 2.75) is 32.0 Å². The Bertz CT molecular complexity index is 722. The zero-order valence-electron chi connectivity index (χ0n) is 15.1. The monoisotopic (exact) mass is 344 g/mol. The number of ether oxygens (including phenoxy) is 1. The number of aromatic nitrogens is 2. The number of benzene rings is 1. The summed E-state index contributed by atoms with van der Waals surface area (Å²) in [5.74, 6) is 0.840. The minimum Gasteiger partial charge on any atom is -0.494 e. The molecule has 1 aromatic heterocycles. The van der Waals surface area contributed by atoms with Crippen molar-refractivity contribution in [3.05, 3.63) is 53.4 Å². The van der Waals surface area contributed by atoms with Crippen LogP contribution in [0.4, 0.5) is 4.39 Å². The van der Waals surface area contributed by atoms with Gasteiger partial charge in [0.15, 0.2) is 11.6 Å². The van der Waals surface area contributed by atoms with E-state index in [9.17, 15) is 4.39 Å². The van der Waals surface area contributed by atoms with Gasteiger partial charge in [-0.25, -0.2) is 14.4 Å². The summed E-state index contributed by atoms with van der Waals surface area (Å²) in [5.41, 5.74) is 2.07. The molecule has 3 rings (SSSR count). The van der Waals surface area contributed by atoms with Crippen LogP contribution in [0.15, 0.2) is 30.5 Å². The van der Waals surface area contributed by atoms with Gasteiger partial charge in [0.2, 0.25) is 0 Å². The van der Waals surface area contributed by atoms with Gasteiger partial charge in [0.05, 0.1) is 18.8 Å². The quantitative estimate of drug-likeness (QED) is 0.806. The maximum atomic E-state index is 13.6. The standard InChI is InChI=1S/C19H25FN4O/c1-23(2)13-15-8-9-21-19(22-15)17-5-4-10-24(17)12-14-6-7-16(20)18(11-14)25-3/h6-9,11,17H,4-5,10,12-13H2,1-3H3. The van der Waals surface area contributed by atoms with Crippen LogP contribution in [0.3, 0.4) is 0 Å². The van der Waals surface area contributed by atoms with Gasteiger partial charge in [-0.15, -0.1) is 0 Å². The van der Waals surface area contributed by atoms with Crippen LogP contribution in [0.25, 0.3) is 0 Å². The van der Waals surface area contributed by atoms with Crippen molar-refractivity contribution in [3.63, 3.8) is 0 Å². The van der Waals surface area contributed by atoms with Crippen LogP contribution in [0.5, 0.6) is 5.75 Å². The minimum absolute atomic E-state index is 0.207. The van der Waals surface area contributed by atoms with Crippen molar-refractivity contribution in [2.24, 2.45) is 0 Å². The van der Waals surface area contributed by atoms with E-state index in [0.29, 0.717) is 0 Å². The third-order valence-corrected chi connectivity index (χ3v) is 4.47. The van der Waals surface area contributed by atoms with Crippen LogP contribution < -0.4 is 4.74 Å². The van der Waals surface area contributed by atoms with Gasteiger partial charge < -0.3 is 9.64 Å². The van der Waals surface area contributed by atoms with Gasteiger partial charge in [0.25, 0.3) is 0 Å². The molecule has 0 saturated carbocycles. The number of hydrogen-bond acceptors (Lipinski definition) is 5. The first kappa shape index (κ1) is 17.8. The van der Waals surface area contributed by atoms with Crippen LogP contribution in [0.1, 0.15) is 36.0 Å². The van der Waals surface area contributed by atoms with E-state index < -0.39 is 0 Å². The fourth-order valence-electron chi connectivity index (χ4n) is 3.33. The SMILES string of the molecule is COc1cc(CN2CCCC2c2nccc(CN(C)C)n2)ccc1F. The van der Waals surface area contributed by atoms with Gasteiger partial charge in [-0.05, 0) is 57.2 Å². The molecule has 0 radical (unpaired) electrons. The molecule has 2 heterocycles. The smallest absolute Gasteiger partial charge is 0.165 e. The Balaban J connectivity index is 1.76. The fraction of sp³-hybridized carbons (Fsp3) is 0.474. The maximum Gasteiger partial charge on any atom is 0.165 e. The highest BCUT2D eigenvalue weighted by molar-refractivity contribution is 5.30. The molecule has 1 unspecified atom stereocenters. The molecule has 0 bridgehead atoms. The van der Waals surface area contributed by atoms with E-state index in [4.69, 9.17) is 9.72 Å².